The van der Waals surface area contributed by atoms with E-state index >= 15 is 0 Å². The normalized spacial score (nSPS) is 15.3. The van der Waals surface area contributed by atoms with Gasteiger partial charge in [-0.25, -0.2) is 4.39 Å². The second kappa shape index (κ2) is 4.73. The van der Waals surface area contributed by atoms with Gasteiger partial charge in [0.2, 0.25) is 5.79 Å². The van der Waals surface area contributed by atoms with E-state index in [4.69, 9.17) is 4.74 Å². The fraction of sp³-hybridized carbons (Fsp3) is 0.500. The molecular weight excluding hydrogens is 195 g/mol. The highest BCUT2D eigenvalue weighted by Crippen LogP contribution is 2.17. The van der Waals surface area contributed by atoms with Crippen LogP contribution in [0.1, 0.15) is 26.3 Å². The molecule has 0 saturated heterocycles. The summed E-state index contributed by atoms with van der Waals surface area (Å²) >= 11 is 0. The molecule has 0 aliphatic heterocycles. The lowest BCUT2D eigenvalue weighted by atomic mass is 10.1. The molecule has 0 aliphatic rings. The van der Waals surface area contributed by atoms with Gasteiger partial charge in [-0.05, 0) is 38.5 Å². The van der Waals surface area contributed by atoms with Crippen LogP contribution in [0.3, 0.4) is 0 Å². The zero-order valence-corrected chi connectivity index (χ0v) is 9.29. The first-order valence-corrected chi connectivity index (χ1v) is 5.02. The quantitative estimate of drug-likeness (QED) is 0.704. The fourth-order valence-corrected chi connectivity index (χ4v) is 1.56. The first-order valence-electron chi connectivity index (χ1n) is 5.02. The van der Waals surface area contributed by atoms with Gasteiger partial charge in [0.15, 0.2) is 0 Å². The number of rotatable bonds is 4. The predicted octanol–water partition coefficient (Wildman–Crippen LogP) is 2.94. The van der Waals surface area contributed by atoms with E-state index in [2.05, 4.69) is 0 Å². The lowest BCUT2D eigenvalue weighted by molar-refractivity contribution is -0.244. The number of halogens is 1. The summed E-state index contributed by atoms with van der Waals surface area (Å²) in [6.45, 7) is 5.08. The number of hydrogen-bond donors (Lipinski definition) is 0. The third-order valence-corrected chi connectivity index (χ3v) is 1.90. The topological polar surface area (TPSA) is 29.1 Å². The highest BCUT2D eigenvalue weighted by atomic mass is 19.1. The van der Waals surface area contributed by atoms with Crippen molar-refractivity contribution in [2.45, 2.75) is 39.1 Å². The molecule has 0 saturated carbocycles. The maximum atomic E-state index is 12.9. The third-order valence-electron chi connectivity index (χ3n) is 1.90. The van der Waals surface area contributed by atoms with Gasteiger partial charge in [0.25, 0.3) is 0 Å². The Kier molecular flexibility index (Phi) is 3.83. The van der Waals surface area contributed by atoms with Crippen molar-refractivity contribution in [1.82, 2.24) is 0 Å². The molecule has 1 atom stereocenters. The van der Waals surface area contributed by atoms with Gasteiger partial charge in [0, 0.05) is 6.42 Å². The molecule has 1 aromatic carbocycles. The molecule has 1 radical (unpaired) electrons. The van der Waals surface area contributed by atoms with Crippen LogP contribution in [0.25, 0.3) is 0 Å². The van der Waals surface area contributed by atoms with Crippen molar-refractivity contribution in [1.29, 1.82) is 0 Å². The van der Waals surface area contributed by atoms with Crippen molar-refractivity contribution in [2.75, 3.05) is 0 Å². The van der Waals surface area contributed by atoms with Crippen molar-refractivity contribution < 1.29 is 14.2 Å². The molecule has 3 heteroatoms. The lowest BCUT2D eigenvalue weighted by Crippen LogP contribution is -2.32. The minimum absolute atomic E-state index is 0.124. The Hall–Kier alpha value is -0.930. The van der Waals surface area contributed by atoms with E-state index in [0.717, 1.165) is 0 Å². The summed E-state index contributed by atoms with van der Waals surface area (Å²) in [5.41, 5.74) is 0.660. The smallest absolute Gasteiger partial charge is 0.203 e. The van der Waals surface area contributed by atoms with Crippen LogP contribution in [0.15, 0.2) is 24.3 Å². The van der Waals surface area contributed by atoms with Crippen molar-refractivity contribution in [3.63, 3.8) is 0 Å². The first-order chi connectivity index (χ1) is 6.89. The summed E-state index contributed by atoms with van der Waals surface area (Å²) in [5, 5.41) is 11.8. The Morgan fingerprint density at radius 3 is 2.67 bits per heavy atom. The molecule has 0 N–H and O–H groups in total. The van der Waals surface area contributed by atoms with Gasteiger partial charge in [0.1, 0.15) is 5.82 Å². The summed E-state index contributed by atoms with van der Waals surface area (Å²) in [6, 6.07) is 6.04. The molecule has 0 aromatic heterocycles. The van der Waals surface area contributed by atoms with Crippen LogP contribution < -0.4 is 0 Å². The summed E-state index contributed by atoms with van der Waals surface area (Å²) in [6.07, 6.45) is 0.0456. The molecule has 0 aliphatic carbocycles. The summed E-state index contributed by atoms with van der Waals surface area (Å²) in [4.78, 5) is 0. The average Bonchev–Trinajstić information content (AvgIpc) is 1.99. The SMILES string of the molecule is CC(C)OC(C)([O])Cc1cccc(F)c1. The van der Waals surface area contributed by atoms with E-state index in [1.54, 1.807) is 12.1 Å². The molecule has 0 fully saturated rings. The van der Waals surface area contributed by atoms with Crippen molar-refractivity contribution in [3.8, 4) is 0 Å². The van der Waals surface area contributed by atoms with Gasteiger partial charge in [-0.15, -0.1) is 0 Å². The molecule has 1 unspecified atom stereocenters. The lowest BCUT2D eigenvalue weighted by Gasteiger charge is -2.23. The second-order valence-corrected chi connectivity index (χ2v) is 4.11. The summed E-state index contributed by atoms with van der Waals surface area (Å²) < 4.78 is 18.1. The van der Waals surface area contributed by atoms with Gasteiger partial charge in [-0.3, -0.25) is 0 Å². The molecule has 0 amide bonds. The van der Waals surface area contributed by atoms with E-state index in [1.165, 1.54) is 19.1 Å². The van der Waals surface area contributed by atoms with E-state index in [-0.39, 0.29) is 18.3 Å². The number of ether oxygens (including phenoxy) is 1. The molecular formula is C12H16FO2. The average molecular weight is 211 g/mol. The van der Waals surface area contributed by atoms with Crippen LogP contribution in [0.5, 0.6) is 0 Å². The van der Waals surface area contributed by atoms with Gasteiger partial charge >= 0.3 is 0 Å². The standard InChI is InChI=1S/C12H16FO2/c1-9(2)15-12(3,14)8-10-5-4-6-11(13)7-10/h4-7,9H,8H2,1-3H3. The number of hydrogen-bond acceptors (Lipinski definition) is 1. The maximum Gasteiger partial charge on any atom is 0.203 e. The molecule has 2 nitrogen and oxygen atoms in total. The van der Waals surface area contributed by atoms with E-state index in [1.807, 2.05) is 13.8 Å². The van der Waals surface area contributed by atoms with Gasteiger partial charge in [-0.1, -0.05) is 12.1 Å². The molecule has 1 rings (SSSR count). The minimum Gasteiger partial charge on any atom is -0.344 e. The Balaban J connectivity index is 2.68. The van der Waals surface area contributed by atoms with Crippen LogP contribution >= 0.6 is 0 Å². The Bertz CT molecular complexity index is 321. The molecule has 0 spiro atoms. The van der Waals surface area contributed by atoms with Crippen LogP contribution in [0, 0.1) is 5.82 Å². The zero-order chi connectivity index (χ0) is 11.5. The Morgan fingerprint density at radius 2 is 2.13 bits per heavy atom. The Morgan fingerprint density at radius 1 is 1.47 bits per heavy atom. The predicted molar refractivity (Wildman–Crippen MR) is 55.4 cm³/mol. The molecule has 15 heavy (non-hydrogen) atoms. The molecule has 1 aromatic rings. The van der Waals surface area contributed by atoms with Crippen molar-refractivity contribution >= 4 is 0 Å². The number of benzene rings is 1. The maximum absolute atomic E-state index is 12.9. The second-order valence-electron chi connectivity index (χ2n) is 4.11. The van der Waals surface area contributed by atoms with E-state index in [9.17, 15) is 9.50 Å². The van der Waals surface area contributed by atoms with Gasteiger partial charge in [0.05, 0.1) is 6.10 Å². The molecule has 83 valence electrons. The van der Waals surface area contributed by atoms with Crippen LogP contribution in [0.2, 0.25) is 0 Å². The van der Waals surface area contributed by atoms with Gasteiger partial charge in [-0.2, -0.15) is 5.11 Å². The van der Waals surface area contributed by atoms with Gasteiger partial charge < -0.3 is 4.74 Å². The fourth-order valence-electron chi connectivity index (χ4n) is 1.56. The van der Waals surface area contributed by atoms with Crippen molar-refractivity contribution in [2.24, 2.45) is 0 Å². The van der Waals surface area contributed by atoms with Crippen LogP contribution in [-0.2, 0) is 16.3 Å². The minimum atomic E-state index is -1.50. The monoisotopic (exact) mass is 211 g/mol. The molecule has 0 bridgehead atoms. The Labute approximate surface area is 89.7 Å². The molecule has 0 heterocycles. The van der Waals surface area contributed by atoms with Crippen LogP contribution in [0.4, 0.5) is 4.39 Å². The zero-order valence-electron chi connectivity index (χ0n) is 9.29. The van der Waals surface area contributed by atoms with Crippen molar-refractivity contribution in [3.05, 3.63) is 35.6 Å². The first kappa shape index (κ1) is 12.1. The van der Waals surface area contributed by atoms with E-state index in [0.29, 0.717) is 5.56 Å². The highest BCUT2D eigenvalue weighted by molar-refractivity contribution is 5.17. The summed E-state index contributed by atoms with van der Waals surface area (Å²) in [7, 11) is 0. The highest BCUT2D eigenvalue weighted by Gasteiger charge is 2.25. The summed E-state index contributed by atoms with van der Waals surface area (Å²) in [5.74, 6) is -1.82. The van der Waals surface area contributed by atoms with Crippen LogP contribution in [-0.4, -0.2) is 11.9 Å². The van der Waals surface area contributed by atoms with E-state index < -0.39 is 5.79 Å². The largest absolute Gasteiger partial charge is 0.344 e. The third kappa shape index (κ3) is 4.40.